The third-order valence-corrected chi connectivity index (χ3v) is 6.09. The number of aromatic amines is 1. The number of amides is 1. The molecule has 0 aliphatic heterocycles. The molecule has 0 radical (unpaired) electrons. The number of hydrogen-bond acceptors (Lipinski definition) is 4. The van der Waals surface area contributed by atoms with Gasteiger partial charge in [0.25, 0.3) is 5.56 Å². The largest absolute Gasteiger partial charge is 0.383 e. The Labute approximate surface area is 159 Å². The van der Waals surface area contributed by atoms with Crippen LogP contribution in [-0.4, -0.2) is 22.0 Å². The number of unbranched alkanes of at least 4 members (excludes halogenated alkanes) is 1. The average molecular weight is 377 g/mol. The zero-order chi connectivity index (χ0) is 19.7. The van der Waals surface area contributed by atoms with E-state index in [9.17, 15) is 14.4 Å². The first-order chi connectivity index (χ1) is 12.8. The molecule has 1 amide bonds. The number of anilines is 2. The lowest BCUT2D eigenvalue weighted by Crippen LogP contribution is -2.45. The average Bonchev–Trinajstić information content (AvgIpc) is 3.24. The number of aromatic nitrogens is 2. The quantitative estimate of drug-likeness (QED) is 0.762. The highest BCUT2D eigenvalue weighted by Gasteiger charge is 2.45. The summed E-state index contributed by atoms with van der Waals surface area (Å²) in [5.41, 5.74) is 5.34. The summed E-state index contributed by atoms with van der Waals surface area (Å²) < 4.78 is 1.38. The molecule has 3 unspecified atom stereocenters. The number of nitrogens with zero attached hydrogens (tertiary/aromatic N) is 2. The molecule has 2 aliphatic carbocycles. The number of carbonyl (C=O) groups excluding carboxylic acids is 1. The zero-order valence-corrected chi connectivity index (χ0v) is 16.7. The Morgan fingerprint density at radius 1 is 1.30 bits per heavy atom. The Hall–Kier alpha value is -2.05. The SMILES string of the molecule is CCCCN(C(=O)C1CC2CCC1C2)c1c(N)n(CC(C)C)c(=O)[nH]c1=O. The van der Waals surface area contributed by atoms with Crippen LogP contribution in [-0.2, 0) is 11.3 Å². The van der Waals surface area contributed by atoms with E-state index in [-0.39, 0.29) is 29.2 Å². The van der Waals surface area contributed by atoms with E-state index in [0.717, 1.165) is 32.1 Å². The van der Waals surface area contributed by atoms with Gasteiger partial charge >= 0.3 is 5.69 Å². The van der Waals surface area contributed by atoms with Gasteiger partial charge in [0, 0.05) is 19.0 Å². The van der Waals surface area contributed by atoms with Gasteiger partial charge in [0.05, 0.1) is 0 Å². The Balaban J connectivity index is 2.01. The van der Waals surface area contributed by atoms with E-state index in [2.05, 4.69) is 4.98 Å². The number of nitrogens with one attached hydrogen (secondary N) is 1. The van der Waals surface area contributed by atoms with Crippen molar-refractivity contribution in [2.45, 2.75) is 65.8 Å². The Bertz CT molecular complexity index is 810. The lowest BCUT2D eigenvalue weighted by atomic mass is 9.87. The molecule has 3 rings (SSSR count). The first-order valence-corrected chi connectivity index (χ1v) is 10.3. The molecular formula is C20H32N4O3. The Morgan fingerprint density at radius 2 is 2.04 bits per heavy atom. The van der Waals surface area contributed by atoms with Crippen LogP contribution >= 0.6 is 0 Å². The van der Waals surface area contributed by atoms with Crippen molar-refractivity contribution in [3.05, 3.63) is 20.8 Å². The van der Waals surface area contributed by atoms with Crippen molar-refractivity contribution < 1.29 is 4.79 Å². The van der Waals surface area contributed by atoms with Gasteiger partial charge in [-0.15, -0.1) is 0 Å². The molecule has 3 N–H and O–H groups in total. The van der Waals surface area contributed by atoms with E-state index in [1.807, 2.05) is 20.8 Å². The van der Waals surface area contributed by atoms with E-state index in [1.54, 1.807) is 4.90 Å². The topological polar surface area (TPSA) is 101 Å². The molecule has 0 saturated heterocycles. The van der Waals surface area contributed by atoms with Crippen LogP contribution in [0.3, 0.4) is 0 Å². The number of rotatable bonds is 7. The smallest absolute Gasteiger partial charge is 0.330 e. The van der Waals surface area contributed by atoms with E-state index in [1.165, 1.54) is 11.0 Å². The van der Waals surface area contributed by atoms with Gasteiger partial charge in [-0.05, 0) is 43.4 Å². The summed E-state index contributed by atoms with van der Waals surface area (Å²) in [5, 5.41) is 0. The van der Waals surface area contributed by atoms with Crippen molar-refractivity contribution >= 4 is 17.4 Å². The Kier molecular flexibility index (Phi) is 5.77. The van der Waals surface area contributed by atoms with Gasteiger partial charge in [-0.1, -0.05) is 33.6 Å². The second-order valence-electron chi connectivity index (χ2n) is 8.62. The van der Waals surface area contributed by atoms with Gasteiger partial charge < -0.3 is 10.6 Å². The summed E-state index contributed by atoms with van der Waals surface area (Å²) in [6.45, 7) is 6.86. The molecule has 0 aromatic carbocycles. The van der Waals surface area contributed by atoms with E-state index in [4.69, 9.17) is 5.73 Å². The number of carbonyl (C=O) groups is 1. The highest BCUT2D eigenvalue weighted by molar-refractivity contribution is 5.97. The second kappa shape index (κ2) is 7.90. The minimum absolute atomic E-state index is 0.00240. The molecule has 150 valence electrons. The summed E-state index contributed by atoms with van der Waals surface area (Å²) in [5.74, 6) is 1.34. The van der Waals surface area contributed by atoms with Crippen molar-refractivity contribution in [2.24, 2.45) is 23.7 Å². The highest BCUT2D eigenvalue weighted by Crippen LogP contribution is 2.49. The van der Waals surface area contributed by atoms with Gasteiger partial charge in [0.2, 0.25) is 5.91 Å². The molecule has 1 aromatic heterocycles. The van der Waals surface area contributed by atoms with E-state index in [0.29, 0.717) is 24.9 Å². The molecule has 2 bridgehead atoms. The lowest BCUT2D eigenvalue weighted by Gasteiger charge is -2.30. The predicted molar refractivity (Wildman–Crippen MR) is 107 cm³/mol. The number of nitrogen functional groups attached to an aromatic ring is 1. The number of hydrogen-bond donors (Lipinski definition) is 2. The minimum atomic E-state index is -0.565. The van der Waals surface area contributed by atoms with Gasteiger partial charge in [0.15, 0.2) is 5.69 Å². The molecule has 2 aliphatic rings. The summed E-state index contributed by atoms with van der Waals surface area (Å²) in [4.78, 5) is 42.2. The standard InChI is InChI=1S/C20H32N4O3/c1-4-5-8-23(19(26)15-10-13-6-7-14(15)9-13)16-17(21)24(11-12(2)3)20(27)22-18(16)25/h12-15H,4-11,21H2,1-3H3,(H,22,25,27). The number of H-pyrrole nitrogens is 1. The predicted octanol–water partition coefficient (Wildman–Crippen LogP) is 2.34. The van der Waals surface area contributed by atoms with Crippen LogP contribution in [0.4, 0.5) is 11.5 Å². The third-order valence-electron chi connectivity index (χ3n) is 6.09. The summed E-state index contributed by atoms with van der Waals surface area (Å²) >= 11 is 0. The normalized spacial score (nSPS) is 23.9. The van der Waals surface area contributed by atoms with Crippen molar-refractivity contribution in [3.8, 4) is 0 Å². The molecule has 0 spiro atoms. The summed E-state index contributed by atoms with van der Waals surface area (Å²) in [6, 6.07) is 0. The molecule has 27 heavy (non-hydrogen) atoms. The second-order valence-corrected chi connectivity index (χ2v) is 8.62. The molecule has 1 aromatic rings. The van der Waals surface area contributed by atoms with Crippen LogP contribution in [0.15, 0.2) is 9.59 Å². The van der Waals surface area contributed by atoms with Crippen LogP contribution in [0.5, 0.6) is 0 Å². The van der Waals surface area contributed by atoms with Gasteiger partial charge in [-0.25, -0.2) is 4.79 Å². The monoisotopic (exact) mass is 376 g/mol. The van der Waals surface area contributed by atoms with Crippen molar-refractivity contribution in [1.82, 2.24) is 9.55 Å². The maximum Gasteiger partial charge on any atom is 0.330 e. The van der Waals surface area contributed by atoms with Crippen molar-refractivity contribution in [2.75, 3.05) is 17.2 Å². The first kappa shape index (κ1) is 19.7. The van der Waals surface area contributed by atoms with Gasteiger partial charge in [0.1, 0.15) is 5.82 Å². The van der Waals surface area contributed by atoms with Crippen LogP contribution in [0.25, 0.3) is 0 Å². The molecular weight excluding hydrogens is 344 g/mol. The maximum atomic E-state index is 13.4. The molecule has 2 saturated carbocycles. The fourth-order valence-corrected chi connectivity index (χ4v) is 4.78. The molecule has 2 fully saturated rings. The molecule has 1 heterocycles. The summed E-state index contributed by atoms with van der Waals surface area (Å²) in [6.07, 6.45) is 6.04. The fraction of sp³-hybridized carbons (Fsp3) is 0.750. The van der Waals surface area contributed by atoms with Gasteiger partial charge in [-0.3, -0.25) is 19.1 Å². The molecule has 3 atom stereocenters. The molecule has 7 nitrogen and oxygen atoms in total. The zero-order valence-electron chi connectivity index (χ0n) is 16.7. The van der Waals surface area contributed by atoms with Crippen LogP contribution < -0.4 is 21.9 Å². The van der Waals surface area contributed by atoms with E-state index >= 15 is 0 Å². The highest BCUT2D eigenvalue weighted by atomic mass is 16.2. The minimum Gasteiger partial charge on any atom is -0.383 e. The van der Waals surface area contributed by atoms with E-state index < -0.39 is 11.2 Å². The maximum absolute atomic E-state index is 13.4. The van der Waals surface area contributed by atoms with Crippen LogP contribution in [0.1, 0.15) is 59.3 Å². The Morgan fingerprint density at radius 3 is 2.59 bits per heavy atom. The van der Waals surface area contributed by atoms with Gasteiger partial charge in [-0.2, -0.15) is 0 Å². The third kappa shape index (κ3) is 3.82. The van der Waals surface area contributed by atoms with Crippen LogP contribution in [0, 0.1) is 23.7 Å². The fourth-order valence-electron chi connectivity index (χ4n) is 4.78. The van der Waals surface area contributed by atoms with Crippen molar-refractivity contribution in [1.29, 1.82) is 0 Å². The lowest BCUT2D eigenvalue weighted by molar-refractivity contribution is -0.123. The molecule has 7 heteroatoms. The number of nitrogens with two attached hydrogens (primary N) is 1. The number of fused-ring (bicyclic) bond motifs is 2. The van der Waals surface area contributed by atoms with Crippen LogP contribution in [0.2, 0.25) is 0 Å². The van der Waals surface area contributed by atoms with Crippen molar-refractivity contribution in [3.63, 3.8) is 0 Å². The first-order valence-electron chi connectivity index (χ1n) is 10.3. The summed E-state index contributed by atoms with van der Waals surface area (Å²) in [7, 11) is 0.